The van der Waals surface area contributed by atoms with Crippen molar-refractivity contribution in [1.29, 1.82) is 0 Å². The Balaban J connectivity index is 2.56. The average molecular weight is 293 g/mol. The molecule has 3 unspecified atom stereocenters. The largest absolute Gasteiger partial charge is 0.493 e. The van der Waals surface area contributed by atoms with E-state index in [-0.39, 0.29) is 0 Å². The zero-order valence-electron chi connectivity index (χ0n) is 14.4. The molecule has 0 aliphatic carbocycles. The van der Waals surface area contributed by atoms with Gasteiger partial charge in [-0.05, 0) is 50.3 Å². The molecule has 0 fully saturated rings. The van der Waals surface area contributed by atoms with Crippen molar-refractivity contribution in [1.82, 2.24) is 5.32 Å². The molecular weight excluding hydrogens is 262 g/mol. The van der Waals surface area contributed by atoms with Gasteiger partial charge in [-0.1, -0.05) is 26.3 Å². The first-order chi connectivity index (χ1) is 9.99. The highest BCUT2D eigenvalue weighted by atomic mass is 16.5. The van der Waals surface area contributed by atoms with Crippen LogP contribution in [-0.4, -0.2) is 26.3 Å². The zero-order valence-corrected chi connectivity index (χ0v) is 14.4. The maximum atomic E-state index is 5.36. The first-order valence-electron chi connectivity index (χ1n) is 7.97. The summed E-state index contributed by atoms with van der Waals surface area (Å²) in [5.74, 6) is 2.36. The van der Waals surface area contributed by atoms with Crippen molar-refractivity contribution in [3.63, 3.8) is 0 Å². The second-order valence-corrected chi connectivity index (χ2v) is 6.11. The molecule has 0 spiro atoms. The highest BCUT2D eigenvalue weighted by Gasteiger charge is 2.12. The third-order valence-electron chi connectivity index (χ3n) is 4.01. The normalized spacial score (nSPS) is 15.3. The Bertz CT molecular complexity index is 420. The molecule has 1 N–H and O–H groups in total. The van der Waals surface area contributed by atoms with Crippen LogP contribution in [0.3, 0.4) is 0 Å². The van der Waals surface area contributed by atoms with E-state index < -0.39 is 0 Å². The number of nitrogens with one attached hydrogen (secondary N) is 1. The highest BCUT2D eigenvalue weighted by Crippen LogP contribution is 2.28. The van der Waals surface area contributed by atoms with Gasteiger partial charge in [0.25, 0.3) is 0 Å². The van der Waals surface area contributed by atoms with Crippen molar-refractivity contribution in [3.05, 3.63) is 23.8 Å². The lowest BCUT2D eigenvalue weighted by atomic mass is 9.99. The minimum Gasteiger partial charge on any atom is -0.493 e. The Hall–Kier alpha value is -1.22. The van der Waals surface area contributed by atoms with Gasteiger partial charge in [0.05, 0.1) is 14.2 Å². The molecule has 0 saturated heterocycles. The lowest BCUT2D eigenvalue weighted by Crippen LogP contribution is -2.36. The summed E-state index contributed by atoms with van der Waals surface area (Å²) in [5, 5.41) is 3.69. The number of ether oxygens (including phenoxy) is 2. The van der Waals surface area contributed by atoms with E-state index in [9.17, 15) is 0 Å². The summed E-state index contributed by atoms with van der Waals surface area (Å²) in [6, 6.07) is 7.15. The molecule has 0 saturated carbocycles. The van der Waals surface area contributed by atoms with E-state index >= 15 is 0 Å². The zero-order chi connectivity index (χ0) is 15.8. The standard InChI is InChI=1S/C18H31NO2/c1-7-13(2)10-14(3)19-15(4)11-16-8-9-17(20-5)18(12-16)21-6/h8-9,12-15,19H,7,10-11H2,1-6H3. The van der Waals surface area contributed by atoms with Crippen molar-refractivity contribution < 1.29 is 9.47 Å². The summed E-state index contributed by atoms with van der Waals surface area (Å²) in [5.41, 5.74) is 1.27. The van der Waals surface area contributed by atoms with Gasteiger partial charge in [0.1, 0.15) is 0 Å². The van der Waals surface area contributed by atoms with Crippen LogP contribution >= 0.6 is 0 Å². The summed E-state index contributed by atoms with van der Waals surface area (Å²) in [6.45, 7) is 9.09. The van der Waals surface area contributed by atoms with E-state index in [1.807, 2.05) is 6.07 Å². The fraction of sp³-hybridized carbons (Fsp3) is 0.667. The summed E-state index contributed by atoms with van der Waals surface area (Å²) in [4.78, 5) is 0. The molecule has 3 nitrogen and oxygen atoms in total. The minimum atomic E-state index is 0.446. The van der Waals surface area contributed by atoms with Gasteiger partial charge in [-0.2, -0.15) is 0 Å². The van der Waals surface area contributed by atoms with Gasteiger partial charge in [0.15, 0.2) is 11.5 Å². The van der Waals surface area contributed by atoms with Gasteiger partial charge in [-0.3, -0.25) is 0 Å². The van der Waals surface area contributed by atoms with E-state index in [1.165, 1.54) is 18.4 Å². The topological polar surface area (TPSA) is 30.5 Å². The summed E-state index contributed by atoms with van der Waals surface area (Å²) >= 11 is 0. The third-order valence-corrected chi connectivity index (χ3v) is 4.01. The van der Waals surface area contributed by atoms with E-state index in [0.717, 1.165) is 23.8 Å². The second kappa shape index (κ2) is 8.93. The molecule has 1 aromatic carbocycles. The molecule has 0 amide bonds. The molecule has 0 heterocycles. The monoisotopic (exact) mass is 293 g/mol. The van der Waals surface area contributed by atoms with Crippen molar-refractivity contribution in [2.24, 2.45) is 5.92 Å². The molecule has 0 aliphatic heterocycles. The van der Waals surface area contributed by atoms with Crippen molar-refractivity contribution in [3.8, 4) is 11.5 Å². The van der Waals surface area contributed by atoms with Crippen LogP contribution in [0.4, 0.5) is 0 Å². The maximum Gasteiger partial charge on any atom is 0.160 e. The van der Waals surface area contributed by atoms with Crippen LogP contribution in [0.2, 0.25) is 0 Å². The van der Waals surface area contributed by atoms with Crippen molar-refractivity contribution in [2.75, 3.05) is 14.2 Å². The van der Waals surface area contributed by atoms with Crippen molar-refractivity contribution in [2.45, 2.75) is 59.0 Å². The van der Waals surface area contributed by atoms with Crippen LogP contribution < -0.4 is 14.8 Å². The van der Waals surface area contributed by atoms with Gasteiger partial charge in [-0.15, -0.1) is 0 Å². The van der Waals surface area contributed by atoms with Gasteiger partial charge >= 0.3 is 0 Å². The van der Waals surface area contributed by atoms with E-state index in [4.69, 9.17) is 9.47 Å². The molecule has 1 rings (SSSR count). The summed E-state index contributed by atoms with van der Waals surface area (Å²) in [7, 11) is 3.34. The fourth-order valence-corrected chi connectivity index (χ4v) is 2.74. The highest BCUT2D eigenvalue weighted by molar-refractivity contribution is 5.43. The number of benzene rings is 1. The molecule has 120 valence electrons. The minimum absolute atomic E-state index is 0.446. The first-order valence-corrected chi connectivity index (χ1v) is 7.97. The Morgan fingerprint density at radius 1 is 1.00 bits per heavy atom. The van der Waals surface area contributed by atoms with Crippen LogP contribution in [0, 0.1) is 5.92 Å². The summed E-state index contributed by atoms with van der Waals surface area (Å²) < 4.78 is 10.6. The molecule has 0 bridgehead atoms. The Morgan fingerprint density at radius 2 is 1.67 bits per heavy atom. The van der Waals surface area contributed by atoms with Crippen LogP contribution in [0.25, 0.3) is 0 Å². The lowest BCUT2D eigenvalue weighted by Gasteiger charge is -2.22. The number of methoxy groups -OCH3 is 2. The van der Waals surface area contributed by atoms with Gasteiger partial charge in [0.2, 0.25) is 0 Å². The van der Waals surface area contributed by atoms with Crippen LogP contribution in [0.15, 0.2) is 18.2 Å². The van der Waals surface area contributed by atoms with Crippen LogP contribution in [-0.2, 0) is 6.42 Å². The summed E-state index contributed by atoms with van der Waals surface area (Å²) in [6.07, 6.45) is 3.47. The number of hydrogen-bond acceptors (Lipinski definition) is 3. The lowest BCUT2D eigenvalue weighted by molar-refractivity contribution is 0.353. The smallest absolute Gasteiger partial charge is 0.160 e. The molecular formula is C18H31NO2. The third kappa shape index (κ3) is 5.96. The molecule has 1 aromatic rings. The average Bonchev–Trinajstić information content (AvgIpc) is 2.46. The van der Waals surface area contributed by atoms with Crippen LogP contribution in [0.1, 0.15) is 46.1 Å². The SMILES string of the molecule is CCC(C)CC(C)NC(C)Cc1ccc(OC)c(OC)c1. The Labute approximate surface area is 130 Å². The van der Waals surface area contributed by atoms with E-state index in [0.29, 0.717) is 12.1 Å². The predicted molar refractivity (Wildman–Crippen MR) is 89.4 cm³/mol. The number of hydrogen-bond donors (Lipinski definition) is 1. The predicted octanol–water partition coefficient (Wildman–Crippen LogP) is 4.05. The van der Waals surface area contributed by atoms with E-state index in [1.54, 1.807) is 14.2 Å². The molecule has 0 aromatic heterocycles. The van der Waals surface area contributed by atoms with Gasteiger partial charge < -0.3 is 14.8 Å². The quantitative estimate of drug-likeness (QED) is 0.745. The molecule has 0 radical (unpaired) electrons. The molecule has 3 atom stereocenters. The molecule has 21 heavy (non-hydrogen) atoms. The van der Waals surface area contributed by atoms with Crippen LogP contribution in [0.5, 0.6) is 11.5 Å². The number of rotatable bonds is 9. The van der Waals surface area contributed by atoms with E-state index in [2.05, 4.69) is 45.1 Å². The fourth-order valence-electron chi connectivity index (χ4n) is 2.74. The van der Waals surface area contributed by atoms with Gasteiger partial charge in [0, 0.05) is 12.1 Å². The van der Waals surface area contributed by atoms with Crippen molar-refractivity contribution >= 4 is 0 Å². The first kappa shape index (κ1) is 17.8. The van der Waals surface area contributed by atoms with Gasteiger partial charge in [-0.25, -0.2) is 0 Å². The molecule has 0 aliphatic rings. The Kier molecular flexibility index (Phi) is 7.58. The maximum absolute atomic E-state index is 5.36. The Morgan fingerprint density at radius 3 is 2.24 bits per heavy atom. The second-order valence-electron chi connectivity index (χ2n) is 6.11. The molecule has 3 heteroatoms.